The van der Waals surface area contributed by atoms with Gasteiger partial charge in [-0.15, -0.1) is 36.4 Å². The van der Waals surface area contributed by atoms with Crippen LogP contribution in [0, 0.1) is 35.4 Å². The summed E-state index contributed by atoms with van der Waals surface area (Å²) >= 11 is 0. The number of halogens is 4. The summed E-state index contributed by atoms with van der Waals surface area (Å²) in [6.07, 6.45) is 0. The van der Waals surface area contributed by atoms with Crippen LogP contribution in [0.1, 0.15) is 20.7 Å². The summed E-state index contributed by atoms with van der Waals surface area (Å²) in [4.78, 5) is 23.3. The minimum atomic E-state index is -0.922. The standard InChI is InChI=1S/2C13H8F2NO.2C5H5.Ti/c2*14-10-6-7-12(11(15)8-10)16-13(17)9-4-2-1-3-5-9;2*1-2-4-5-3-1;/h2*1-7H,(H,16,17);2*1-5H;/q4*-1;+4. The van der Waals surface area contributed by atoms with E-state index in [2.05, 4.69) is 10.6 Å². The number of carbonyl (C=O) groups is 2. The van der Waals surface area contributed by atoms with E-state index < -0.39 is 35.1 Å². The van der Waals surface area contributed by atoms with E-state index in [-0.39, 0.29) is 33.1 Å². The quantitative estimate of drug-likeness (QED) is 0.115. The van der Waals surface area contributed by atoms with Crippen molar-refractivity contribution in [3.05, 3.63) is 192 Å². The molecule has 0 aliphatic carbocycles. The van der Waals surface area contributed by atoms with Gasteiger partial charge in [0.05, 0.1) is 0 Å². The molecule has 4 nitrogen and oxygen atoms in total. The largest absolute Gasteiger partial charge is 4.00 e. The van der Waals surface area contributed by atoms with Crippen molar-refractivity contribution < 1.29 is 48.9 Å². The van der Waals surface area contributed by atoms with E-state index in [1.54, 1.807) is 60.7 Å². The van der Waals surface area contributed by atoms with Crippen LogP contribution < -0.4 is 10.6 Å². The van der Waals surface area contributed by atoms with Gasteiger partial charge in [-0.1, -0.05) is 36.4 Å². The summed E-state index contributed by atoms with van der Waals surface area (Å²) in [6.45, 7) is 0. The Morgan fingerprint density at radius 3 is 1.09 bits per heavy atom. The van der Waals surface area contributed by atoms with Gasteiger partial charge in [0, 0.05) is 34.4 Å². The van der Waals surface area contributed by atoms with Crippen molar-refractivity contribution in [2.24, 2.45) is 0 Å². The fraction of sp³-hybridized carbons (Fsp3) is 0. The van der Waals surface area contributed by atoms with Crippen molar-refractivity contribution in [1.82, 2.24) is 0 Å². The minimum Gasteiger partial charge on any atom is -0.373 e. The normalized spacial score (nSPS) is 9.33. The Labute approximate surface area is 274 Å². The molecule has 6 aromatic carbocycles. The second kappa shape index (κ2) is 20.0. The van der Waals surface area contributed by atoms with Gasteiger partial charge in [0.25, 0.3) is 0 Å². The van der Waals surface area contributed by atoms with Crippen molar-refractivity contribution in [3.63, 3.8) is 0 Å². The second-order valence-corrected chi connectivity index (χ2v) is 8.63. The molecule has 0 aromatic heterocycles. The minimum absolute atomic E-state index is 0. The SMILES string of the molecule is O=C(Nc1ccc(F)[c-]c1F)c1ccccc1.O=C(Nc1ccc(F)[c-]c1F)c1ccccc1.[Ti+4].c1cc[cH-]c1.c1cc[cH-]c1. The molecule has 0 saturated heterocycles. The molecule has 0 fully saturated rings. The topological polar surface area (TPSA) is 58.2 Å². The van der Waals surface area contributed by atoms with Gasteiger partial charge in [0.2, 0.25) is 11.8 Å². The molecule has 0 heterocycles. The van der Waals surface area contributed by atoms with Crippen LogP contribution in [-0.2, 0) is 21.7 Å². The van der Waals surface area contributed by atoms with Crippen LogP contribution in [0.25, 0.3) is 0 Å². The third kappa shape index (κ3) is 13.4. The van der Waals surface area contributed by atoms with Crippen LogP contribution in [0.4, 0.5) is 28.9 Å². The molecular formula is C36H26F4N2O2Ti. The molecule has 2 amide bonds. The number of amides is 2. The van der Waals surface area contributed by atoms with Gasteiger partial charge in [-0.25, -0.2) is 41.8 Å². The maximum atomic E-state index is 13.2. The van der Waals surface area contributed by atoms with E-state index in [0.29, 0.717) is 11.1 Å². The summed E-state index contributed by atoms with van der Waals surface area (Å²) in [5, 5.41) is 4.68. The molecule has 45 heavy (non-hydrogen) atoms. The van der Waals surface area contributed by atoms with Crippen LogP contribution in [0.5, 0.6) is 0 Å². The van der Waals surface area contributed by atoms with Crippen LogP contribution in [-0.4, -0.2) is 11.8 Å². The summed E-state index contributed by atoms with van der Waals surface area (Å²) in [5.74, 6) is -4.36. The molecular weight excluding hydrogens is 616 g/mol. The van der Waals surface area contributed by atoms with E-state index >= 15 is 0 Å². The van der Waals surface area contributed by atoms with Crippen molar-refractivity contribution in [2.45, 2.75) is 0 Å². The van der Waals surface area contributed by atoms with E-state index in [9.17, 15) is 27.2 Å². The van der Waals surface area contributed by atoms with Crippen molar-refractivity contribution in [1.29, 1.82) is 0 Å². The number of hydrogen-bond acceptors (Lipinski definition) is 2. The second-order valence-electron chi connectivity index (χ2n) is 8.63. The molecule has 6 rings (SSSR count). The van der Waals surface area contributed by atoms with E-state index in [1.165, 1.54) is 0 Å². The number of carbonyl (C=O) groups excluding carboxylic acids is 2. The zero-order valence-corrected chi connectivity index (χ0v) is 25.2. The smallest absolute Gasteiger partial charge is 0.373 e. The van der Waals surface area contributed by atoms with Gasteiger partial charge in [-0.05, 0) is 35.6 Å². The predicted octanol–water partition coefficient (Wildman–Crippen LogP) is 8.84. The molecule has 0 atom stereocenters. The number of rotatable bonds is 4. The van der Waals surface area contributed by atoms with E-state index in [0.717, 1.165) is 24.3 Å². The number of nitrogens with one attached hydrogen (secondary N) is 2. The Hall–Kier alpha value is -5.05. The average Bonchev–Trinajstić information content (AvgIpc) is 3.82. The van der Waals surface area contributed by atoms with Crippen LogP contribution >= 0.6 is 0 Å². The van der Waals surface area contributed by atoms with Gasteiger partial charge in [-0.3, -0.25) is 9.59 Å². The molecule has 2 N–H and O–H groups in total. The van der Waals surface area contributed by atoms with Gasteiger partial charge >= 0.3 is 21.7 Å². The molecule has 0 aliphatic heterocycles. The first-order chi connectivity index (χ1) is 21.3. The van der Waals surface area contributed by atoms with Gasteiger partial charge in [0.1, 0.15) is 0 Å². The summed E-state index contributed by atoms with van der Waals surface area (Å²) < 4.78 is 51.6. The Kier molecular flexibility index (Phi) is 16.1. The fourth-order valence-electron chi connectivity index (χ4n) is 3.29. The fourth-order valence-corrected chi connectivity index (χ4v) is 3.29. The first-order valence-corrected chi connectivity index (χ1v) is 13.1. The van der Waals surface area contributed by atoms with Gasteiger partial charge < -0.3 is 10.6 Å². The third-order valence-electron chi connectivity index (χ3n) is 5.40. The number of benzene rings is 4. The summed E-state index contributed by atoms with van der Waals surface area (Å²) in [7, 11) is 0. The van der Waals surface area contributed by atoms with Crippen molar-refractivity contribution >= 4 is 23.2 Å². The first-order valence-electron chi connectivity index (χ1n) is 13.1. The maximum absolute atomic E-state index is 13.2. The first kappa shape index (κ1) is 36.1. The summed E-state index contributed by atoms with van der Waals surface area (Å²) in [5.41, 5.74) is 0.605. The Morgan fingerprint density at radius 1 is 0.489 bits per heavy atom. The molecule has 0 saturated carbocycles. The predicted molar refractivity (Wildman–Crippen MR) is 163 cm³/mol. The van der Waals surface area contributed by atoms with E-state index in [1.807, 2.05) is 72.8 Å². The number of anilines is 2. The molecule has 0 bridgehead atoms. The van der Waals surface area contributed by atoms with Crippen LogP contribution in [0.3, 0.4) is 0 Å². The molecule has 9 heteroatoms. The Morgan fingerprint density at radius 2 is 0.822 bits per heavy atom. The molecule has 6 aromatic rings. The molecule has 224 valence electrons. The monoisotopic (exact) mass is 642 g/mol. The van der Waals surface area contributed by atoms with E-state index in [4.69, 9.17) is 0 Å². The average molecular weight is 642 g/mol. The van der Waals surface area contributed by atoms with Gasteiger partial charge in [0.15, 0.2) is 0 Å². The molecule has 0 radical (unpaired) electrons. The Bertz CT molecular complexity index is 1520. The number of hydrogen-bond donors (Lipinski definition) is 2. The van der Waals surface area contributed by atoms with Crippen molar-refractivity contribution in [3.8, 4) is 0 Å². The van der Waals surface area contributed by atoms with Crippen LogP contribution in [0.15, 0.2) is 146 Å². The molecule has 0 unspecified atom stereocenters. The molecule has 0 spiro atoms. The third-order valence-corrected chi connectivity index (χ3v) is 5.40. The molecule has 0 aliphatic rings. The zero-order chi connectivity index (χ0) is 31.6. The summed E-state index contributed by atoms with van der Waals surface area (Å²) in [6, 6.07) is 44.8. The zero-order valence-electron chi connectivity index (χ0n) is 23.7. The Balaban J connectivity index is 0.000000235. The maximum Gasteiger partial charge on any atom is 4.00 e. The van der Waals surface area contributed by atoms with Crippen molar-refractivity contribution in [2.75, 3.05) is 10.6 Å². The van der Waals surface area contributed by atoms with Crippen LogP contribution in [0.2, 0.25) is 0 Å². The van der Waals surface area contributed by atoms with Gasteiger partial charge in [-0.2, -0.15) is 36.4 Å².